The maximum Gasteiger partial charge on any atom is 0.137 e. The van der Waals surface area contributed by atoms with Crippen LogP contribution in [-0.2, 0) is 0 Å². The number of nitriles is 1. The third-order valence-corrected chi connectivity index (χ3v) is 3.79. The fraction of sp³-hybridized carbons (Fsp3) is 0.188. The number of halogens is 2. The highest BCUT2D eigenvalue weighted by Crippen LogP contribution is 2.27. The first kappa shape index (κ1) is 14.5. The Morgan fingerprint density at radius 2 is 1.90 bits per heavy atom. The van der Waals surface area contributed by atoms with Crippen LogP contribution in [0.5, 0.6) is 0 Å². The molecule has 0 aliphatic rings. The van der Waals surface area contributed by atoms with E-state index in [9.17, 15) is 4.39 Å². The summed E-state index contributed by atoms with van der Waals surface area (Å²) in [6, 6.07) is 12.8. The van der Waals surface area contributed by atoms with Crippen molar-refractivity contribution in [3.05, 3.63) is 63.4 Å². The Kier molecular flexibility index (Phi) is 4.41. The molecule has 2 nitrogen and oxygen atoms in total. The summed E-state index contributed by atoms with van der Waals surface area (Å²) in [5.41, 5.74) is 3.45. The first-order chi connectivity index (χ1) is 9.51. The molecule has 2 rings (SSSR count). The summed E-state index contributed by atoms with van der Waals surface area (Å²) in [4.78, 5) is 0. The van der Waals surface area contributed by atoms with Gasteiger partial charge >= 0.3 is 0 Å². The number of nitrogens with one attached hydrogen (secondary N) is 1. The van der Waals surface area contributed by atoms with Crippen LogP contribution in [0.4, 0.5) is 10.1 Å². The Balaban J connectivity index is 2.21. The SMILES string of the molecule is Cc1cc(F)c(Br)cc1NC(C)c1ccc(C#N)cc1. The zero-order chi connectivity index (χ0) is 14.7. The van der Waals surface area contributed by atoms with E-state index in [4.69, 9.17) is 5.26 Å². The molecular weight excluding hydrogens is 319 g/mol. The van der Waals surface area contributed by atoms with E-state index in [0.717, 1.165) is 16.8 Å². The molecule has 102 valence electrons. The number of anilines is 1. The van der Waals surface area contributed by atoms with Crippen LogP contribution >= 0.6 is 15.9 Å². The maximum absolute atomic E-state index is 13.4. The molecule has 0 spiro atoms. The monoisotopic (exact) mass is 332 g/mol. The van der Waals surface area contributed by atoms with Gasteiger partial charge in [-0.1, -0.05) is 12.1 Å². The second kappa shape index (κ2) is 6.06. The molecule has 0 radical (unpaired) electrons. The zero-order valence-electron chi connectivity index (χ0n) is 11.2. The summed E-state index contributed by atoms with van der Waals surface area (Å²) >= 11 is 3.19. The number of hydrogen-bond acceptors (Lipinski definition) is 2. The van der Waals surface area contributed by atoms with Gasteiger partial charge in [-0.3, -0.25) is 0 Å². The predicted octanol–water partition coefficient (Wildman–Crippen LogP) is 4.94. The Morgan fingerprint density at radius 1 is 1.25 bits per heavy atom. The maximum atomic E-state index is 13.4. The molecule has 2 aromatic rings. The second-order valence-corrected chi connectivity index (χ2v) is 5.54. The third-order valence-electron chi connectivity index (χ3n) is 3.18. The van der Waals surface area contributed by atoms with E-state index in [-0.39, 0.29) is 11.9 Å². The van der Waals surface area contributed by atoms with Gasteiger partial charge in [0.15, 0.2) is 0 Å². The zero-order valence-corrected chi connectivity index (χ0v) is 12.8. The van der Waals surface area contributed by atoms with Crippen molar-refractivity contribution < 1.29 is 4.39 Å². The largest absolute Gasteiger partial charge is 0.378 e. The van der Waals surface area contributed by atoms with Crippen LogP contribution in [0.1, 0.15) is 29.7 Å². The summed E-state index contributed by atoms with van der Waals surface area (Å²) in [5.74, 6) is -0.265. The van der Waals surface area contributed by atoms with Crippen LogP contribution in [0.3, 0.4) is 0 Å². The summed E-state index contributed by atoms with van der Waals surface area (Å²) in [6.45, 7) is 3.89. The second-order valence-electron chi connectivity index (χ2n) is 4.68. The molecule has 0 heterocycles. The third kappa shape index (κ3) is 3.17. The number of aryl methyl sites for hydroxylation is 1. The lowest BCUT2D eigenvalue weighted by atomic mass is 10.1. The molecule has 0 bridgehead atoms. The van der Waals surface area contributed by atoms with Crippen molar-refractivity contribution in [2.75, 3.05) is 5.32 Å². The fourth-order valence-corrected chi connectivity index (χ4v) is 2.31. The molecule has 0 amide bonds. The minimum Gasteiger partial charge on any atom is -0.378 e. The number of rotatable bonds is 3. The lowest BCUT2D eigenvalue weighted by Gasteiger charge is -2.18. The molecule has 20 heavy (non-hydrogen) atoms. The van der Waals surface area contributed by atoms with Crippen molar-refractivity contribution in [1.82, 2.24) is 0 Å². The summed E-state index contributed by atoms with van der Waals surface area (Å²) in [6.07, 6.45) is 0. The van der Waals surface area contributed by atoms with Gasteiger partial charge < -0.3 is 5.32 Å². The lowest BCUT2D eigenvalue weighted by Crippen LogP contribution is -2.08. The van der Waals surface area contributed by atoms with E-state index < -0.39 is 0 Å². The van der Waals surface area contributed by atoms with Crippen molar-refractivity contribution in [1.29, 1.82) is 5.26 Å². The Morgan fingerprint density at radius 3 is 2.50 bits per heavy atom. The minimum absolute atomic E-state index is 0.0683. The standard InChI is InChI=1S/C16H14BrFN2/c1-10-7-15(18)14(17)8-16(10)20-11(2)13-5-3-12(9-19)4-6-13/h3-8,11,20H,1-2H3. The highest BCUT2D eigenvalue weighted by atomic mass is 79.9. The van der Waals surface area contributed by atoms with Crippen LogP contribution in [0.25, 0.3) is 0 Å². The highest BCUT2D eigenvalue weighted by molar-refractivity contribution is 9.10. The molecule has 1 unspecified atom stereocenters. The molecule has 0 aliphatic carbocycles. The van der Waals surface area contributed by atoms with Crippen molar-refractivity contribution >= 4 is 21.6 Å². The van der Waals surface area contributed by atoms with Crippen LogP contribution < -0.4 is 5.32 Å². The van der Waals surface area contributed by atoms with E-state index in [1.807, 2.05) is 26.0 Å². The Bertz CT molecular complexity index is 659. The van der Waals surface area contributed by atoms with Gasteiger partial charge in [-0.05, 0) is 65.2 Å². The van der Waals surface area contributed by atoms with Crippen LogP contribution in [0.15, 0.2) is 40.9 Å². The summed E-state index contributed by atoms with van der Waals surface area (Å²) in [7, 11) is 0. The van der Waals surface area contributed by atoms with E-state index in [1.54, 1.807) is 18.2 Å². The Hall–Kier alpha value is -1.86. The Labute approximate surface area is 126 Å². The molecule has 0 aliphatic heterocycles. The molecule has 0 aromatic heterocycles. The van der Waals surface area contributed by atoms with Gasteiger partial charge in [0.1, 0.15) is 5.82 Å². The predicted molar refractivity (Wildman–Crippen MR) is 82.0 cm³/mol. The highest BCUT2D eigenvalue weighted by Gasteiger charge is 2.09. The molecule has 0 saturated heterocycles. The average Bonchev–Trinajstić information content (AvgIpc) is 2.44. The van der Waals surface area contributed by atoms with Crippen LogP contribution in [0.2, 0.25) is 0 Å². The van der Waals surface area contributed by atoms with Gasteiger partial charge in [-0.2, -0.15) is 5.26 Å². The normalized spacial score (nSPS) is 11.8. The van der Waals surface area contributed by atoms with Gasteiger partial charge in [0.25, 0.3) is 0 Å². The lowest BCUT2D eigenvalue weighted by molar-refractivity contribution is 0.620. The van der Waals surface area contributed by atoms with Crippen LogP contribution in [0, 0.1) is 24.1 Å². The van der Waals surface area contributed by atoms with Crippen LogP contribution in [-0.4, -0.2) is 0 Å². The van der Waals surface area contributed by atoms with E-state index in [2.05, 4.69) is 27.3 Å². The van der Waals surface area contributed by atoms with Gasteiger partial charge in [0, 0.05) is 11.7 Å². The van der Waals surface area contributed by atoms with Crippen molar-refractivity contribution in [3.8, 4) is 6.07 Å². The number of nitrogens with zero attached hydrogens (tertiary/aromatic N) is 1. The molecular formula is C16H14BrFN2. The van der Waals surface area contributed by atoms with Gasteiger partial charge in [0.2, 0.25) is 0 Å². The molecule has 0 saturated carbocycles. The number of benzene rings is 2. The molecule has 0 fully saturated rings. The smallest absolute Gasteiger partial charge is 0.137 e. The minimum atomic E-state index is -0.265. The molecule has 4 heteroatoms. The van der Waals surface area contributed by atoms with Gasteiger partial charge in [-0.15, -0.1) is 0 Å². The summed E-state index contributed by atoms with van der Waals surface area (Å²) < 4.78 is 13.8. The first-order valence-electron chi connectivity index (χ1n) is 6.23. The topological polar surface area (TPSA) is 35.8 Å². The average molecular weight is 333 g/mol. The first-order valence-corrected chi connectivity index (χ1v) is 7.03. The molecule has 1 atom stereocenters. The van der Waals surface area contributed by atoms with E-state index in [0.29, 0.717) is 10.0 Å². The van der Waals surface area contributed by atoms with E-state index in [1.165, 1.54) is 6.07 Å². The molecule has 2 aromatic carbocycles. The quantitative estimate of drug-likeness (QED) is 0.863. The van der Waals surface area contributed by atoms with Gasteiger partial charge in [-0.25, -0.2) is 4.39 Å². The fourth-order valence-electron chi connectivity index (χ4n) is 1.96. The van der Waals surface area contributed by atoms with Crippen molar-refractivity contribution in [2.45, 2.75) is 19.9 Å². The summed E-state index contributed by atoms with van der Waals surface area (Å²) in [5, 5.41) is 12.1. The molecule has 1 N–H and O–H groups in total. The van der Waals surface area contributed by atoms with Crippen molar-refractivity contribution in [3.63, 3.8) is 0 Å². The van der Waals surface area contributed by atoms with E-state index >= 15 is 0 Å². The number of hydrogen-bond donors (Lipinski definition) is 1. The van der Waals surface area contributed by atoms with Crippen molar-refractivity contribution in [2.24, 2.45) is 0 Å². The van der Waals surface area contributed by atoms with Gasteiger partial charge in [0.05, 0.1) is 16.1 Å².